The maximum absolute atomic E-state index is 2.46. The van der Waals surface area contributed by atoms with Crippen molar-refractivity contribution < 1.29 is 0 Å². The van der Waals surface area contributed by atoms with Crippen molar-refractivity contribution in [1.29, 1.82) is 0 Å². The topological polar surface area (TPSA) is 6.48 Å². The summed E-state index contributed by atoms with van der Waals surface area (Å²) in [5, 5.41) is 3.55. The number of nitrogens with zero attached hydrogens (tertiary/aromatic N) is 2. The predicted octanol–water partition coefficient (Wildman–Crippen LogP) is 5.28. The van der Waals surface area contributed by atoms with Gasteiger partial charge < -0.3 is 9.80 Å². The number of hydrogen-bond donors (Lipinski definition) is 0. The highest BCUT2D eigenvalue weighted by molar-refractivity contribution is 7.17. The van der Waals surface area contributed by atoms with E-state index < -0.39 is 0 Å². The lowest BCUT2D eigenvalue weighted by Gasteiger charge is -2.37. The van der Waals surface area contributed by atoms with Crippen molar-refractivity contribution in [2.24, 2.45) is 0 Å². The molecule has 0 N–H and O–H groups in total. The van der Waals surface area contributed by atoms with Crippen LogP contribution in [0.5, 0.6) is 0 Å². The third-order valence-electron chi connectivity index (χ3n) is 6.16. The van der Waals surface area contributed by atoms with Gasteiger partial charge in [0.2, 0.25) is 0 Å². The molecule has 0 aliphatic carbocycles. The number of fused-ring (bicyclic) bond motifs is 2. The summed E-state index contributed by atoms with van der Waals surface area (Å²) >= 11 is 1.82. The first-order chi connectivity index (χ1) is 12.4. The second kappa shape index (κ2) is 6.49. The molecule has 1 aromatic heterocycles. The van der Waals surface area contributed by atoms with Gasteiger partial charge in [-0.05, 0) is 86.2 Å². The molecule has 0 radical (unpaired) electrons. The first-order valence-electron chi connectivity index (χ1n) is 9.32. The third kappa shape index (κ3) is 2.98. The van der Waals surface area contributed by atoms with Crippen LogP contribution < -0.4 is 0 Å². The predicted molar refractivity (Wildman–Crippen MR) is 113 cm³/mol. The van der Waals surface area contributed by atoms with Gasteiger partial charge in [0.1, 0.15) is 0 Å². The number of likely N-dealkylation sites (N-methyl/N-ethyl adjacent to an activating group) is 1. The molecule has 1 atom stereocenters. The summed E-state index contributed by atoms with van der Waals surface area (Å²) < 4.78 is 1.38. The lowest BCUT2D eigenvalue weighted by molar-refractivity contribution is 0.197. The summed E-state index contributed by atoms with van der Waals surface area (Å²) in [6, 6.07) is 16.4. The van der Waals surface area contributed by atoms with Gasteiger partial charge in [-0.1, -0.05) is 24.3 Å². The van der Waals surface area contributed by atoms with Crippen LogP contribution in [0.4, 0.5) is 0 Å². The molecular weight excluding hydrogens is 336 g/mol. The summed E-state index contributed by atoms with van der Waals surface area (Å²) in [4.78, 5) is 4.75. The van der Waals surface area contributed by atoms with Crippen LogP contribution in [0.1, 0.15) is 42.0 Å². The minimum Gasteiger partial charge on any atom is -0.301 e. The molecule has 1 aliphatic rings. The molecule has 0 saturated heterocycles. The lowest BCUT2D eigenvalue weighted by Crippen LogP contribution is -2.36. The molecule has 0 amide bonds. The molecule has 3 heteroatoms. The van der Waals surface area contributed by atoms with Crippen LogP contribution >= 0.6 is 11.3 Å². The first-order valence-corrected chi connectivity index (χ1v) is 10.2. The number of hydrogen-bond acceptors (Lipinski definition) is 3. The van der Waals surface area contributed by atoms with Crippen molar-refractivity contribution in [2.75, 3.05) is 27.7 Å². The highest BCUT2D eigenvalue weighted by Gasteiger charge is 2.28. The van der Waals surface area contributed by atoms with Gasteiger partial charge in [-0.15, -0.1) is 11.3 Å². The van der Waals surface area contributed by atoms with Crippen LogP contribution in [0.2, 0.25) is 0 Å². The number of rotatable bonds is 3. The molecule has 0 bridgehead atoms. The van der Waals surface area contributed by atoms with Crippen molar-refractivity contribution in [2.45, 2.75) is 31.8 Å². The fourth-order valence-electron chi connectivity index (χ4n) is 3.97. The van der Waals surface area contributed by atoms with Gasteiger partial charge in [-0.3, -0.25) is 0 Å². The highest BCUT2D eigenvalue weighted by Crippen LogP contribution is 2.37. The smallest absolute Gasteiger partial charge is 0.0398 e. The second-order valence-corrected chi connectivity index (χ2v) is 9.28. The molecule has 136 valence electrons. The summed E-state index contributed by atoms with van der Waals surface area (Å²) in [7, 11) is 6.55. The minimum absolute atomic E-state index is 0.0378. The quantitative estimate of drug-likeness (QED) is 0.624. The van der Waals surface area contributed by atoms with E-state index in [1.165, 1.54) is 32.3 Å². The Labute approximate surface area is 161 Å². The van der Waals surface area contributed by atoms with Crippen LogP contribution in [-0.2, 0) is 12.1 Å². The molecular formula is C23H28N2S. The standard InChI is InChI=1S/C23H28N2S/c1-23(2,24(3)4)19-7-8-20-18(13-19)14-25(5)15-21(20)16-6-9-22-17(12-16)10-11-26-22/h6-13,21H,14-15H2,1-5H3. The largest absolute Gasteiger partial charge is 0.301 e. The van der Waals surface area contributed by atoms with E-state index in [4.69, 9.17) is 0 Å². The van der Waals surface area contributed by atoms with E-state index in [-0.39, 0.29) is 5.54 Å². The first kappa shape index (κ1) is 17.7. The molecule has 0 saturated carbocycles. The molecule has 2 nitrogen and oxygen atoms in total. The van der Waals surface area contributed by atoms with Gasteiger partial charge in [0, 0.05) is 29.2 Å². The Balaban J connectivity index is 1.78. The average molecular weight is 365 g/mol. The second-order valence-electron chi connectivity index (χ2n) is 8.33. The van der Waals surface area contributed by atoms with Gasteiger partial charge >= 0.3 is 0 Å². The minimum atomic E-state index is 0.0378. The summed E-state index contributed by atoms with van der Waals surface area (Å²) in [6.45, 7) is 6.70. The van der Waals surface area contributed by atoms with E-state index >= 15 is 0 Å². The molecule has 1 unspecified atom stereocenters. The van der Waals surface area contributed by atoms with Crippen LogP contribution in [0, 0.1) is 0 Å². The van der Waals surface area contributed by atoms with E-state index in [0.29, 0.717) is 5.92 Å². The summed E-state index contributed by atoms with van der Waals surface area (Å²) in [6.07, 6.45) is 0. The molecule has 2 aromatic carbocycles. The Bertz CT molecular complexity index is 938. The van der Waals surface area contributed by atoms with Crippen LogP contribution in [-0.4, -0.2) is 37.5 Å². The van der Waals surface area contributed by atoms with Gasteiger partial charge in [0.25, 0.3) is 0 Å². The molecule has 0 spiro atoms. The lowest BCUT2D eigenvalue weighted by atomic mass is 9.81. The normalized spacial score (nSPS) is 18.5. The summed E-state index contributed by atoms with van der Waals surface area (Å²) in [5.41, 5.74) is 5.83. The van der Waals surface area contributed by atoms with E-state index in [1.54, 1.807) is 0 Å². The number of thiophene rings is 1. The number of benzene rings is 2. The van der Waals surface area contributed by atoms with E-state index in [2.05, 4.69) is 92.6 Å². The Morgan fingerprint density at radius 2 is 1.88 bits per heavy atom. The fourth-order valence-corrected chi connectivity index (χ4v) is 4.74. The van der Waals surface area contributed by atoms with Crippen molar-refractivity contribution in [3.8, 4) is 0 Å². The van der Waals surface area contributed by atoms with Gasteiger partial charge in [-0.25, -0.2) is 0 Å². The Morgan fingerprint density at radius 1 is 1.08 bits per heavy atom. The average Bonchev–Trinajstić information content (AvgIpc) is 3.07. The Hall–Kier alpha value is -1.68. The molecule has 1 aliphatic heterocycles. The zero-order valence-corrected chi connectivity index (χ0v) is 17.2. The molecule has 2 heterocycles. The fraction of sp³-hybridized carbons (Fsp3) is 0.391. The molecule has 26 heavy (non-hydrogen) atoms. The molecule has 0 fully saturated rings. The Kier molecular flexibility index (Phi) is 4.42. The monoisotopic (exact) mass is 364 g/mol. The maximum atomic E-state index is 2.46. The zero-order valence-electron chi connectivity index (χ0n) is 16.4. The zero-order chi connectivity index (χ0) is 18.5. The van der Waals surface area contributed by atoms with E-state index in [1.807, 2.05) is 11.3 Å². The maximum Gasteiger partial charge on any atom is 0.0398 e. The van der Waals surface area contributed by atoms with Crippen LogP contribution in [0.3, 0.4) is 0 Å². The van der Waals surface area contributed by atoms with Crippen LogP contribution in [0.25, 0.3) is 10.1 Å². The summed E-state index contributed by atoms with van der Waals surface area (Å²) in [5.74, 6) is 0.449. The van der Waals surface area contributed by atoms with Gasteiger partial charge in [0.15, 0.2) is 0 Å². The third-order valence-corrected chi connectivity index (χ3v) is 7.05. The van der Waals surface area contributed by atoms with E-state index in [0.717, 1.165) is 13.1 Å². The van der Waals surface area contributed by atoms with Gasteiger partial charge in [0.05, 0.1) is 0 Å². The molecule has 4 rings (SSSR count). The van der Waals surface area contributed by atoms with Crippen molar-refractivity contribution in [3.63, 3.8) is 0 Å². The molecule has 3 aromatic rings. The highest BCUT2D eigenvalue weighted by atomic mass is 32.1. The Morgan fingerprint density at radius 3 is 2.65 bits per heavy atom. The SMILES string of the molecule is CN1Cc2cc(C(C)(C)N(C)C)ccc2C(c2ccc3sccc3c2)C1. The van der Waals surface area contributed by atoms with Crippen molar-refractivity contribution >= 4 is 21.4 Å². The van der Waals surface area contributed by atoms with Crippen molar-refractivity contribution in [1.82, 2.24) is 9.80 Å². The van der Waals surface area contributed by atoms with Crippen molar-refractivity contribution in [3.05, 3.63) is 70.1 Å². The van der Waals surface area contributed by atoms with Gasteiger partial charge in [-0.2, -0.15) is 0 Å². The van der Waals surface area contributed by atoms with E-state index in [9.17, 15) is 0 Å². The van der Waals surface area contributed by atoms with Crippen LogP contribution in [0.15, 0.2) is 47.8 Å².